The molecular weight excluding hydrogens is 265 g/mol. The molecule has 0 aliphatic heterocycles. The number of hydrogen-bond donors (Lipinski definition) is 1. The molecule has 0 aliphatic carbocycles. The average molecular weight is 280 g/mol. The third kappa shape index (κ3) is 3.46. The number of rotatable bonds is 4. The van der Waals surface area contributed by atoms with Gasteiger partial charge in [-0.1, -0.05) is 41.4 Å². The topological polar surface area (TPSA) is 35.2 Å². The molecule has 2 aromatic rings. The SMILES string of the molecule is Cc1cccc(C(CN)Oc2ccc(F)cc2Cl)c1. The van der Waals surface area contributed by atoms with E-state index in [4.69, 9.17) is 22.1 Å². The van der Waals surface area contributed by atoms with Crippen LogP contribution >= 0.6 is 11.6 Å². The maximum atomic E-state index is 13.0. The molecule has 1 atom stereocenters. The van der Waals surface area contributed by atoms with Crippen LogP contribution in [0.1, 0.15) is 17.2 Å². The van der Waals surface area contributed by atoms with Gasteiger partial charge in [0.15, 0.2) is 0 Å². The van der Waals surface area contributed by atoms with Gasteiger partial charge in [0.1, 0.15) is 17.7 Å². The largest absolute Gasteiger partial charge is 0.483 e. The first-order valence-corrected chi connectivity index (χ1v) is 6.36. The zero-order valence-electron chi connectivity index (χ0n) is 10.6. The third-order valence-electron chi connectivity index (χ3n) is 2.79. The fraction of sp³-hybridized carbons (Fsp3) is 0.200. The van der Waals surface area contributed by atoms with E-state index in [9.17, 15) is 4.39 Å². The Morgan fingerprint density at radius 2 is 2.05 bits per heavy atom. The molecule has 4 heteroatoms. The Hall–Kier alpha value is -1.58. The van der Waals surface area contributed by atoms with Crippen molar-refractivity contribution in [3.63, 3.8) is 0 Å². The number of aryl methyl sites for hydroxylation is 1. The third-order valence-corrected chi connectivity index (χ3v) is 3.09. The highest BCUT2D eigenvalue weighted by Gasteiger charge is 2.13. The summed E-state index contributed by atoms with van der Waals surface area (Å²) in [6.07, 6.45) is -0.303. The monoisotopic (exact) mass is 279 g/mol. The summed E-state index contributed by atoms with van der Waals surface area (Å²) < 4.78 is 18.7. The van der Waals surface area contributed by atoms with Crippen molar-refractivity contribution in [3.8, 4) is 5.75 Å². The van der Waals surface area contributed by atoms with Gasteiger partial charge >= 0.3 is 0 Å². The predicted molar refractivity (Wildman–Crippen MR) is 75.0 cm³/mol. The molecule has 19 heavy (non-hydrogen) atoms. The van der Waals surface area contributed by atoms with Gasteiger partial charge in [0.2, 0.25) is 0 Å². The highest BCUT2D eigenvalue weighted by atomic mass is 35.5. The second kappa shape index (κ2) is 6.04. The molecule has 2 N–H and O–H groups in total. The Morgan fingerprint density at radius 3 is 2.68 bits per heavy atom. The van der Waals surface area contributed by atoms with Crippen LogP contribution in [-0.2, 0) is 0 Å². The number of hydrogen-bond acceptors (Lipinski definition) is 2. The van der Waals surface area contributed by atoms with Crippen LogP contribution in [0.25, 0.3) is 0 Å². The predicted octanol–water partition coefficient (Wildman–Crippen LogP) is 3.87. The van der Waals surface area contributed by atoms with Gasteiger partial charge in [-0.25, -0.2) is 4.39 Å². The lowest BCUT2D eigenvalue weighted by Gasteiger charge is -2.19. The quantitative estimate of drug-likeness (QED) is 0.922. The van der Waals surface area contributed by atoms with Gasteiger partial charge in [-0.3, -0.25) is 0 Å². The Balaban J connectivity index is 2.24. The first-order chi connectivity index (χ1) is 9.10. The van der Waals surface area contributed by atoms with E-state index < -0.39 is 5.82 Å². The number of ether oxygens (including phenoxy) is 1. The summed E-state index contributed by atoms with van der Waals surface area (Å²) in [5.41, 5.74) is 7.84. The van der Waals surface area contributed by atoms with Gasteiger partial charge in [-0.05, 0) is 30.7 Å². The summed E-state index contributed by atoms with van der Waals surface area (Å²) in [4.78, 5) is 0. The van der Waals surface area contributed by atoms with Crippen molar-refractivity contribution in [1.82, 2.24) is 0 Å². The van der Waals surface area contributed by atoms with Gasteiger partial charge in [-0.15, -0.1) is 0 Å². The van der Waals surface area contributed by atoms with Gasteiger partial charge in [0, 0.05) is 6.54 Å². The van der Waals surface area contributed by atoms with Crippen molar-refractivity contribution in [2.45, 2.75) is 13.0 Å². The Kier molecular flexibility index (Phi) is 4.40. The zero-order valence-corrected chi connectivity index (χ0v) is 11.3. The molecule has 0 spiro atoms. The number of nitrogens with two attached hydrogens (primary N) is 1. The Bertz CT molecular complexity index is 574. The fourth-order valence-electron chi connectivity index (χ4n) is 1.85. The molecule has 0 radical (unpaired) electrons. The van der Waals surface area contributed by atoms with E-state index in [1.165, 1.54) is 18.2 Å². The maximum Gasteiger partial charge on any atom is 0.139 e. The van der Waals surface area contributed by atoms with Crippen LogP contribution in [0.5, 0.6) is 5.75 Å². The van der Waals surface area contributed by atoms with Crippen LogP contribution in [0.15, 0.2) is 42.5 Å². The van der Waals surface area contributed by atoms with E-state index in [2.05, 4.69) is 0 Å². The highest BCUT2D eigenvalue weighted by molar-refractivity contribution is 6.32. The van der Waals surface area contributed by atoms with Crippen molar-refractivity contribution in [2.75, 3.05) is 6.54 Å². The van der Waals surface area contributed by atoms with E-state index in [1.54, 1.807) is 0 Å². The van der Waals surface area contributed by atoms with E-state index in [0.717, 1.165) is 11.1 Å². The van der Waals surface area contributed by atoms with Gasteiger partial charge in [-0.2, -0.15) is 0 Å². The molecule has 2 nitrogen and oxygen atoms in total. The normalized spacial score (nSPS) is 12.2. The molecule has 0 fully saturated rings. The van der Waals surface area contributed by atoms with Gasteiger partial charge in [0.25, 0.3) is 0 Å². The standard InChI is InChI=1S/C15H15ClFNO/c1-10-3-2-4-11(7-10)15(9-18)19-14-6-5-12(17)8-13(14)16/h2-8,15H,9,18H2,1H3. The van der Waals surface area contributed by atoms with Crippen LogP contribution in [0.4, 0.5) is 4.39 Å². The van der Waals surface area contributed by atoms with Crippen LogP contribution in [0.3, 0.4) is 0 Å². The van der Waals surface area contributed by atoms with Crippen LogP contribution in [0.2, 0.25) is 5.02 Å². The maximum absolute atomic E-state index is 13.0. The van der Waals surface area contributed by atoms with Gasteiger partial charge in [0.05, 0.1) is 5.02 Å². The summed E-state index contributed by atoms with van der Waals surface area (Å²) in [7, 11) is 0. The van der Waals surface area contributed by atoms with Crippen molar-refractivity contribution in [2.24, 2.45) is 5.73 Å². The lowest BCUT2D eigenvalue weighted by Crippen LogP contribution is -2.18. The minimum atomic E-state index is -0.391. The minimum Gasteiger partial charge on any atom is -0.483 e. The van der Waals surface area contributed by atoms with E-state index in [-0.39, 0.29) is 11.1 Å². The summed E-state index contributed by atoms with van der Waals surface area (Å²) in [5, 5.41) is 0.242. The van der Waals surface area contributed by atoms with Crippen LogP contribution in [-0.4, -0.2) is 6.54 Å². The average Bonchev–Trinajstić information content (AvgIpc) is 2.38. The second-order valence-corrected chi connectivity index (χ2v) is 4.74. The molecule has 0 amide bonds. The van der Waals surface area contributed by atoms with E-state index >= 15 is 0 Å². The molecule has 0 aliphatic rings. The molecule has 1 unspecified atom stereocenters. The molecule has 0 heterocycles. The first kappa shape index (κ1) is 13.8. The molecule has 2 rings (SSSR count). The lowest BCUT2D eigenvalue weighted by molar-refractivity contribution is 0.214. The molecule has 0 bridgehead atoms. The van der Waals surface area contributed by atoms with Crippen molar-refractivity contribution < 1.29 is 9.13 Å². The first-order valence-electron chi connectivity index (χ1n) is 5.98. The highest BCUT2D eigenvalue weighted by Crippen LogP contribution is 2.29. The minimum absolute atomic E-state index is 0.242. The molecule has 100 valence electrons. The number of benzene rings is 2. The molecular formula is C15H15ClFNO. The summed E-state index contributed by atoms with van der Waals surface area (Å²) in [6, 6.07) is 11.9. The number of halogens is 2. The van der Waals surface area contributed by atoms with Crippen molar-refractivity contribution in [3.05, 3.63) is 64.4 Å². The summed E-state index contributed by atoms with van der Waals surface area (Å²) in [6.45, 7) is 2.32. The lowest BCUT2D eigenvalue weighted by atomic mass is 10.1. The smallest absolute Gasteiger partial charge is 0.139 e. The fourth-order valence-corrected chi connectivity index (χ4v) is 2.06. The molecule has 2 aromatic carbocycles. The second-order valence-electron chi connectivity index (χ2n) is 4.33. The van der Waals surface area contributed by atoms with Crippen molar-refractivity contribution in [1.29, 1.82) is 0 Å². The zero-order chi connectivity index (χ0) is 13.8. The summed E-state index contributed by atoms with van der Waals surface area (Å²) >= 11 is 5.94. The van der Waals surface area contributed by atoms with Crippen LogP contribution < -0.4 is 10.5 Å². The molecule has 0 aromatic heterocycles. The molecule has 0 saturated carbocycles. The molecule has 0 saturated heterocycles. The van der Waals surface area contributed by atoms with Gasteiger partial charge < -0.3 is 10.5 Å². The Labute approximate surface area is 117 Å². The Morgan fingerprint density at radius 1 is 1.26 bits per heavy atom. The van der Waals surface area contributed by atoms with E-state index in [1.807, 2.05) is 31.2 Å². The van der Waals surface area contributed by atoms with Crippen molar-refractivity contribution >= 4 is 11.6 Å². The van der Waals surface area contributed by atoms with E-state index in [0.29, 0.717) is 12.3 Å². The summed E-state index contributed by atoms with van der Waals surface area (Å²) in [5.74, 6) is 0.0391. The van der Waals surface area contributed by atoms with Crippen LogP contribution in [0, 0.1) is 12.7 Å².